The second-order valence-electron chi connectivity index (χ2n) is 4.83. The lowest BCUT2D eigenvalue weighted by Crippen LogP contribution is -2.37. The maximum Gasteiger partial charge on any atom is 0.200 e. The lowest BCUT2D eigenvalue weighted by molar-refractivity contribution is 0.107. The highest BCUT2D eigenvalue weighted by atomic mass is 16.5. The number of aromatic hydroxyl groups is 3. The second kappa shape index (κ2) is 7.21. The van der Waals surface area contributed by atoms with Crippen LogP contribution in [0, 0.1) is 5.92 Å². The minimum absolute atomic E-state index is 0.162. The summed E-state index contributed by atoms with van der Waals surface area (Å²) in [5, 5.41) is 31.7. The van der Waals surface area contributed by atoms with Gasteiger partial charge in [0.1, 0.15) is 0 Å². The molecule has 19 heavy (non-hydrogen) atoms. The normalized spacial score (nSPS) is 12.8. The van der Waals surface area contributed by atoms with Crippen molar-refractivity contribution in [3.8, 4) is 17.2 Å². The number of phenols is 3. The summed E-state index contributed by atoms with van der Waals surface area (Å²) in [6, 6.07) is 3.10. The summed E-state index contributed by atoms with van der Waals surface area (Å²) in [7, 11) is 0. The van der Waals surface area contributed by atoms with Gasteiger partial charge in [0.15, 0.2) is 11.5 Å². The molecule has 0 aliphatic heterocycles. The molecule has 0 spiro atoms. The average molecular weight is 269 g/mol. The van der Waals surface area contributed by atoms with Crippen LogP contribution in [0.3, 0.4) is 0 Å². The van der Waals surface area contributed by atoms with Crippen molar-refractivity contribution in [1.29, 1.82) is 0 Å². The van der Waals surface area contributed by atoms with Gasteiger partial charge in [-0.15, -0.1) is 0 Å². The van der Waals surface area contributed by atoms with Crippen LogP contribution >= 0.6 is 0 Å². The number of benzene rings is 1. The first-order chi connectivity index (χ1) is 8.97. The largest absolute Gasteiger partial charge is 0.504 e. The van der Waals surface area contributed by atoms with E-state index in [1.165, 1.54) is 6.07 Å². The van der Waals surface area contributed by atoms with Crippen LogP contribution in [0.15, 0.2) is 12.1 Å². The lowest BCUT2D eigenvalue weighted by atomic mass is 10.0. The Bertz CT molecular complexity index is 407. The maximum atomic E-state index is 9.72. The van der Waals surface area contributed by atoms with E-state index in [0.29, 0.717) is 31.2 Å². The maximum absolute atomic E-state index is 9.72. The van der Waals surface area contributed by atoms with Crippen LogP contribution in [0.5, 0.6) is 17.2 Å². The van der Waals surface area contributed by atoms with Crippen LogP contribution in [0.2, 0.25) is 0 Å². The molecule has 1 aromatic carbocycles. The quantitative estimate of drug-likeness (QED) is 0.569. The molecule has 0 aromatic heterocycles. The summed E-state index contributed by atoms with van der Waals surface area (Å²) in [4.78, 5) is 0. The molecule has 0 heterocycles. The van der Waals surface area contributed by atoms with E-state index >= 15 is 0 Å². The zero-order valence-corrected chi connectivity index (χ0v) is 11.7. The fraction of sp³-hybridized carbons (Fsp3) is 0.571. The molecule has 1 rings (SSSR count). The summed E-state index contributed by atoms with van der Waals surface area (Å²) < 4.78 is 5.40. The van der Waals surface area contributed by atoms with Crippen molar-refractivity contribution in [3.05, 3.63) is 17.7 Å². The Hall–Kier alpha value is -1.46. The third-order valence-electron chi connectivity index (χ3n) is 3.07. The zero-order valence-electron chi connectivity index (χ0n) is 11.7. The van der Waals surface area contributed by atoms with Crippen LogP contribution in [0.4, 0.5) is 0 Å². The van der Waals surface area contributed by atoms with Gasteiger partial charge >= 0.3 is 0 Å². The molecule has 1 unspecified atom stereocenters. The van der Waals surface area contributed by atoms with Gasteiger partial charge in [-0.25, -0.2) is 0 Å². The first-order valence-corrected chi connectivity index (χ1v) is 6.51. The van der Waals surface area contributed by atoms with Crippen molar-refractivity contribution < 1.29 is 20.1 Å². The van der Waals surface area contributed by atoms with E-state index in [9.17, 15) is 15.3 Å². The Morgan fingerprint density at radius 2 is 1.84 bits per heavy atom. The van der Waals surface area contributed by atoms with Crippen LogP contribution in [0.1, 0.15) is 26.3 Å². The predicted octanol–water partition coefficient (Wildman–Crippen LogP) is 1.95. The Kier molecular flexibility index (Phi) is 5.92. The summed E-state index contributed by atoms with van der Waals surface area (Å²) in [5.74, 6) is -0.702. The monoisotopic (exact) mass is 269 g/mol. The first-order valence-electron chi connectivity index (χ1n) is 6.51. The van der Waals surface area contributed by atoms with E-state index in [1.807, 2.05) is 6.92 Å². The van der Waals surface area contributed by atoms with Gasteiger partial charge < -0.3 is 25.4 Å². The minimum atomic E-state index is -0.481. The Balaban J connectivity index is 2.66. The SMILES string of the molecule is CCOCC(NCc1ccc(O)c(O)c1O)C(C)C. The van der Waals surface area contributed by atoms with Gasteiger partial charge in [0.05, 0.1) is 6.61 Å². The number of rotatable bonds is 7. The zero-order chi connectivity index (χ0) is 14.4. The Labute approximate surface area is 113 Å². The highest BCUT2D eigenvalue weighted by Gasteiger charge is 2.15. The Morgan fingerprint density at radius 1 is 1.16 bits per heavy atom. The molecule has 0 saturated heterocycles. The van der Waals surface area contributed by atoms with Crippen molar-refractivity contribution in [1.82, 2.24) is 5.32 Å². The molecular weight excluding hydrogens is 246 g/mol. The lowest BCUT2D eigenvalue weighted by Gasteiger charge is -2.22. The topological polar surface area (TPSA) is 82.0 Å². The molecule has 108 valence electrons. The smallest absolute Gasteiger partial charge is 0.200 e. The van der Waals surface area contributed by atoms with E-state index in [1.54, 1.807) is 6.07 Å². The van der Waals surface area contributed by atoms with Gasteiger partial charge in [-0.3, -0.25) is 0 Å². The van der Waals surface area contributed by atoms with E-state index < -0.39 is 5.75 Å². The molecular formula is C14H23NO4. The first kappa shape index (κ1) is 15.6. The molecule has 1 atom stereocenters. The van der Waals surface area contributed by atoms with Crippen molar-refractivity contribution >= 4 is 0 Å². The average Bonchev–Trinajstić information content (AvgIpc) is 2.38. The van der Waals surface area contributed by atoms with Gasteiger partial charge in [0.25, 0.3) is 0 Å². The van der Waals surface area contributed by atoms with Crippen molar-refractivity contribution in [2.45, 2.75) is 33.4 Å². The highest BCUT2D eigenvalue weighted by Crippen LogP contribution is 2.36. The second-order valence-corrected chi connectivity index (χ2v) is 4.83. The predicted molar refractivity (Wildman–Crippen MR) is 73.4 cm³/mol. The number of ether oxygens (including phenoxy) is 1. The molecule has 1 aromatic rings. The fourth-order valence-electron chi connectivity index (χ4n) is 1.73. The molecule has 0 amide bonds. The van der Waals surface area contributed by atoms with E-state index in [0.717, 1.165) is 0 Å². The van der Waals surface area contributed by atoms with Crippen LogP contribution < -0.4 is 5.32 Å². The van der Waals surface area contributed by atoms with Crippen molar-refractivity contribution in [2.24, 2.45) is 5.92 Å². The molecule has 0 aliphatic rings. The number of phenolic OH excluding ortho intramolecular Hbond substituents is 3. The summed E-state index contributed by atoms with van der Waals surface area (Å²) >= 11 is 0. The molecule has 5 heteroatoms. The van der Waals surface area contributed by atoms with Crippen LogP contribution in [0.25, 0.3) is 0 Å². The molecule has 0 fully saturated rings. The third kappa shape index (κ3) is 4.29. The van der Waals surface area contributed by atoms with Gasteiger partial charge in [-0.2, -0.15) is 0 Å². The standard InChI is InChI=1S/C14H23NO4/c1-4-19-8-11(9(2)3)15-7-10-5-6-12(16)14(18)13(10)17/h5-6,9,11,15-18H,4,7-8H2,1-3H3. The van der Waals surface area contributed by atoms with Crippen molar-refractivity contribution in [3.63, 3.8) is 0 Å². The minimum Gasteiger partial charge on any atom is -0.504 e. The number of hydrogen-bond acceptors (Lipinski definition) is 5. The molecule has 4 N–H and O–H groups in total. The molecule has 0 aliphatic carbocycles. The fourth-order valence-corrected chi connectivity index (χ4v) is 1.73. The van der Waals surface area contributed by atoms with Crippen molar-refractivity contribution in [2.75, 3.05) is 13.2 Å². The number of hydrogen-bond donors (Lipinski definition) is 4. The molecule has 0 radical (unpaired) electrons. The van der Waals surface area contributed by atoms with E-state index in [2.05, 4.69) is 19.2 Å². The summed E-state index contributed by atoms with van der Waals surface area (Å²) in [6.45, 7) is 7.78. The molecule has 0 bridgehead atoms. The third-order valence-corrected chi connectivity index (χ3v) is 3.07. The van der Waals surface area contributed by atoms with Gasteiger partial charge in [0, 0.05) is 24.8 Å². The summed E-state index contributed by atoms with van der Waals surface area (Å²) in [6.07, 6.45) is 0. The van der Waals surface area contributed by atoms with Crippen LogP contribution in [-0.2, 0) is 11.3 Å². The van der Waals surface area contributed by atoms with E-state index in [4.69, 9.17) is 4.74 Å². The Morgan fingerprint density at radius 3 is 2.42 bits per heavy atom. The van der Waals surface area contributed by atoms with Crippen LogP contribution in [-0.4, -0.2) is 34.6 Å². The molecule has 5 nitrogen and oxygen atoms in total. The molecule has 0 saturated carbocycles. The summed E-state index contributed by atoms with van der Waals surface area (Å²) in [5.41, 5.74) is 0.539. The van der Waals surface area contributed by atoms with Gasteiger partial charge in [-0.1, -0.05) is 19.9 Å². The number of nitrogens with one attached hydrogen (secondary N) is 1. The van der Waals surface area contributed by atoms with E-state index in [-0.39, 0.29) is 17.5 Å². The highest BCUT2D eigenvalue weighted by molar-refractivity contribution is 5.52. The van der Waals surface area contributed by atoms with Gasteiger partial charge in [0.2, 0.25) is 5.75 Å². The van der Waals surface area contributed by atoms with Gasteiger partial charge in [-0.05, 0) is 18.9 Å².